The molecule has 8 nitrogen and oxygen atoms in total. The van der Waals surface area contributed by atoms with E-state index in [0.29, 0.717) is 24.0 Å². The van der Waals surface area contributed by atoms with Crippen molar-refractivity contribution in [3.63, 3.8) is 0 Å². The smallest absolute Gasteiger partial charge is 0.508 e. The Bertz CT molecular complexity index is 1980. The van der Waals surface area contributed by atoms with E-state index < -0.39 is 64.7 Å². The van der Waals surface area contributed by atoms with E-state index in [1.54, 1.807) is 48.5 Å². The Morgan fingerprint density at radius 2 is 1.59 bits per heavy atom. The maximum Gasteiger partial charge on any atom is 0.573 e. The first kappa shape index (κ1) is 33.5. The van der Waals surface area contributed by atoms with Crippen molar-refractivity contribution >= 4 is 40.9 Å². The first-order chi connectivity index (χ1) is 24.4. The van der Waals surface area contributed by atoms with Crippen molar-refractivity contribution in [1.29, 1.82) is 0 Å². The molecule has 2 saturated carbocycles. The molecule has 0 radical (unpaired) electrons. The fraction of sp³-hybridized carbons (Fsp3) is 0.385. The number of carbonyl (C=O) groups excluding carboxylic acids is 4. The number of anilines is 1. The van der Waals surface area contributed by atoms with Crippen LogP contribution in [0.25, 0.3) is 0 Å². The second-order valence-corrected chi connectivity index (χ2v) is 14.6. The molecule has 264 valence electrons. The molecule has 0 unspecified atom stereocenters. The number of aromatic hydroxyl groups is 1. The molecule has 3 aromatic carbocycles. The number of carbonyl (C=O) groups is 4. The molecule has 2 heterocycles. The van der Waals surface area contributed by atoms with Gasteiger partial charge in [-0.15, -0.1) is 13.2 Å². The minimum Gasteiger partial charge on any atom is -0.508 e. The molecule has 6 atom stereocenters. The lowest BCUT2D eigenvalue weighted by Gasteiger charge is -2.50. The number of halogens is 4. The van der Waals surface area contributed by atoms with E-state index in [1.165, 1.54) is 11.0 Å². The Morgan fingerprint density at radius 1 is 0.843 bits per heavy atom. The Hall–Kier alpha value is -4.64. The van der Waals surface area contributed by atoms with E-state index in [-0.39, 0.29) is 47.0 Å². The lowest BCUT2D eigenvalue weighted by molar-refractivity contribution is -0.274. The number of rotatable bonds is 5. The van der Waals surface area contributed by atoms with Gasteiger partial charge in [0.15, 0.2) is 0 Å². The van der Waals surface area contributed by atoms with Crippen LogP contribution in [0.15, 0.2) is 84.4 Å². The second-order valence-electron chi connectivity index (χ2n) is 14.2. The summed E-state index contributed by atoms with van der Waals surface area (Å²) in [7, 11) is 0. The number of phenolic OH excluding ortho intramolecular Hbond substituents is 1. The van der Waals surface area contributed by atoms with Crippen LogP contribution in [0.3, 0.4) is 0 Å². The number of hydrogen-bond donors (Lipinski definition) is 1. The van der Waals surface area contributed by atoms with Crippen molar-refractivity contribution in [2.45, 2.75) is 68.7 Å². The molecule has 3 aliphatic carbocycles. The fourth-order valence-corrected chi connectivity index (χ4v) is 9.96. The highest BCUT2D eigenvalue weighted by molar-refractivity contribution is 6.32. The van der Waals surface area contributed by atoms with E-state index in [2.05, 4.69) is 4.74 Å². The van der Waals surface area contributed by atoms with Crippen LogP contribution in [0.5, 0.6) is 11.5 Å². The Balaban J connectivity index is 1.36. The summed E-state index contributed by atoms with van der Waals surface area (Å²) in [6.07, 6.45) is 1.20. The van der Waals surface area contributed by atoms with Gasteiger partial charge in [0, 0.05) is 22.5 Å². The molecule has 3 aromatic rings. The molecule has 4 amide bonds. The molecule has 12 heteroatoms. The predicted molar refractivity (Wildman–Crippen MR) is 180 cm³/mol. The number of hydrogen-bond acceptors (Lipinski definition) is 6. The molecule has 1 N–H and O–H groups in total. The van der Waals surface area contributed by atoms with Gasteiger partial charge in [-0.2, -0.15) is 0 Å². The minimum atomic E-state index is -5.05. The zero-order chi connectivity index (χ0) is 35.8. The number of alkyl halides is 3. The van der Waals surface area contributed by atoms with Crippen molar-refractivity contribution in [1.82, 2.24) is 4.90 Å². The lowest BCUT2D eigenvalue weighted by atomic mass is 9.49. The van der Waals surface area contributed by atoms with Crippen LogP contribution in [-0.2, 0) is 24.6 Å². The zero-order valence-electron chi connectivity index (χ0n) is 27.3. The van der Waals surface area contributed by atoms with E-state index in [0.717, 1.165) is 42.4 Å². The van der Waals surface area contributed by atoms with E-state index in [1.807, 2.05) is 6.08 Å². The fourth-order valence-electron chi connectivity index (χ4n) is 9.77. The number of fused-ring (bicyclic) bond motifs is 4. The van der Waals surface area contributed by atoms with Gasteiger partial charge in [0.1, 0.15) is 11.5 Å². The molecule has 4 fully saturated rings. The number of ether oxygens (including phenoxy) is 1. The summed E-state index contributed by atoms with van der Waals surface area (Å²) in [6, 6.07) is 17.7. The average molecular weight is 719 g/mol. The van der Waals surface area contributed by atoms with Gasteiger partial charge in [0.05, 0.1) is 28.9 Å². The van der Waals surface area contributed by atoms with Gasteiger partial charge < -0.3 is 9.84 Å². The largest absolute Gasteiger partial charge is 0.573 e. The van der Waals surface area contributed by atoms with Crippen LogP contribution in [0, 0.1) is 23.7 Å². The van der Waals surface area contributed by atoms with Gasteiger partial charge in [-0.3, -0.25) is 24.1 Å². The molecule has 5 aliphatic rings. The summed E-state index contributed by atoms with van der Waals surface area (Å²) in [5, 5.41) is 11.8. The highest BCUT2D eigenvalue weighted by Gasteiger charge is 2.70. The molecule has 0 aromatic heterocycles. The number of benzene rings is 3. The second kappa shape index (κ2) is 12.3. The Labute approximate surface area is 296 Å². The van der Waals surface area contributed by atoms with Crippen molar-refractivity contribution in [3.05, 3.63) is 101 Å². The SMILES string of the molecule is O=C1[C@@H]2C[C@@H]3C(=CC[C@@H]4C(=O)N(C5CCCCC5)C(=O)[C@@H]43)[C@H](c3cc(OC(F)(F)F)ccc3O)[C@]2(c2ccccc2)C(=O)N1c1cccc(Cl)c1. The normalized spacial score (nSPS) is 29.5. The Morgan fingerprint density at radius 3 is 2.29 bits per heavy atom. The van der Waals surface area contributed by atoms with Gasteiger partial charge in [0.2, 0.25) is 23.6 Å². The topological polar surface area (TPSA) is 104 Å². The number of likely N-dealkylation sites (tertiary alicyclic amines) is 1. The van der Waals surface area contributed by atoms with Crippen molar-refractivity contribution < 1.29 is 42.2 Å². The summed E-state index contributed by atoms with van der Waals surface area (Å²) in [5.41, 5.74) is -0.668. The van der Waals surface area contributed by atoms with Crippen LogP contribution in [0.1, 0.15) is 62.0 Å². The quantitative estimate of drug-likeness (QED) is 0.217. The third kappa shape index (κ3) is 5.18. The molecule has 51 heavy (non-hydrogen) atoms. The van der Waals surface area contributed by atoms with Gasteiger partial charge in [-0.05, 0) is 73.6 Å². The monoisotopic (exact) mass is 718 g/mol. The van der Waals surface area contributed by atoms with Crippen molar-refractivity contribution in [3.8, 4) is 11.5 Å². The highest BCUT2D eigenvalue weighted by Crippen LogP contribution is 2.65. The van der Waals surface area contributed by atoms with Gasteiger partial charge in [-0.25, -0.2) is 4.90 Å². The van der Waals surface area contributed by atoms with Crippen molar-refractivity contribution in [2.24, 2.45) is 23.7 Å². The summed E-state index contributed by atoms with van der Waals surface area (Å²) < 4.78 is 45.0. The number of allylic oxidation sites excluding steroid dienone is 2. The number of amides is 4. The van der Waals surface area contributed by atoms with Crippen LogP contribution in [-0.4, -0.2) is 46.0 Å². The Kier molecular flexibility index (Phi) is 8.05. The van der Waals surface area contributed by atoms with Crippen LogP contribution < -0.4 is 9.64 Å². The van der Waals surface area contributed by atoms with E-state index >= 15 is 4.79 Å². The van der Waals surface area contributed by atoms with Crippen LogP contribution in [0.4, 0.5) is 18.9 Å². The molecule has 0 spiro atoms. The molecule has 8 rings (SSSR count). The molecular formula is C39H34ClF3N2O6. The van der Waals surface area contributed by atoms with E-state index in [9.17, 15) is 32.7 Å². The maximum atomic E-state index is 15.3. The maximum absolute atomic E-state index is 15.3. The summed E-state index contributed by atoms with van der Waals surface area (Å²) in [4.78, 5) is 61.0. The van der Waals surface area contributed by atoms with Gasteiger partial charge in [0.25, 0.3) is 0 Å². The number of imide groups is 2. The minimum absolute atomic E-state index is 0.0249. The zero-order valence-corrected chi connectivity index (χ0v) is 28.1. The van der Waals surface area contributed by atoms with Gasteiger partial charge in [-0.1, -0.05) is 78.9 Å². The van der Waals surface area contributed by atoms with Crippen LogP contribution >= 0.6 is 11.6 Å². The third-order valence-corrected chi connectivity index (χ3v) is 11.9. The summed E-state index contributed by atoms with van der Waals surface area (Å²) in [5.74, 6) is -7.39. The van der Waals surface area contributed by atoms with Crippen molar-refractivity contribution in [2.75, 3.05) is 4.90 Å². The first-order valence-electron chi connectivity index (χ1n) is 17.3. The average Bonchev–Trinajstić information content (AvgIpc) is 3.50. The number of nitrogens with zero attached hydrogens (tertiary/aromatic N) is 2. The lowest BCUT2D eigenvalue weighted by Crippen LogP contribution is -2.53. The van der Waals surface area contributed by atoms with Gasteiger partial charge >= 0.3 is 6.36 Å². The van der Waals surface area contributed by atoms with E-state index in [4.69, 9.17) is 11.6 Å². The van der Waals surface area contributed by atoms with Crippen LogP contribution in [0.2, 0.25) is 5.02 Å². The molecule has 0 bridgehead atoms. The third-order valence-electron chi connectivity index (χ3n) is 11.7. The predicted octanol–water partition coefficient (Wildman–Crippen LogP) is 7.44. The molecule has 2 saturated heterocycles. The molecule has 2 aliphatic heterocycles. The summed E-state index contributed by atoms with van der Waals surface area (Å²) in [6.45, 7) is 0. The highest BCUT2D eigenvalue weighted by atomic mass is 35.5. The summed E-state index contributed by atoms with van der Waals surface area (Å²) >= 11 is 6.34. The first-order valence-corrected chi connectivity index (χ1v) is 17.6. The molecular weight excluding hydrogens is 685 g/mol. The standard InChI is InChI=1S/C39H34ClF3N2O6/c40-22-10-7-13-24(18-22)45-35(48)30-20-28-26(15-16-27-32(28)36(49)44(34(27)47)23-11-5-2-6-12-23)33(38(30,37(45)50)21-8-3-1-4-9-21)29-19-25(14-17-31(29)46)51-39(41,42)43/h1,3-4,7-10,13-15,17-19,23,27-28,30,32-33,46H,2,5-6,11-12,16,20H2/t27-,28+,30-,32-,33+,38+/m0/s1. The number of phenols is 1.